The summed E-state index contributed by atoms with van der Waals surface area (Å²) in [5, 5.41) is 4.23. The van der Waals surface area contributed by atoms with Crippen LogP contribution in [0, 0.1) is 6.92 Å². The van der Waals surface area contributed by atoms with Crippen molar-refractivity contribution in [2.75, 3.05) is 13.7 Å². The lowest BCUT2D eigenvalue weighted by Crippen LogP contribution is -2.19. The average molecular weight is 268 g/mol. The molecule has 0 aromatic heterocycles. The molecular formula is C15H22ClNO. The highest BCUT2D eigenvalue weighted by atomic mass is 35.5. The molecule has 1 aromatic rings. The van der Waals surface area contributed by atoms with Crippen LogP contribution in [0.4, 0.5) is 0 Å². The Hall–Kier alpha value is -0.570. The minimum Gasteiger partial charge on any atom is -0.378 e. The standard InChI is InChI=1S/C15H22ClNO/c1-11-5-7-13(14(16)10-11)15(17-2)8-6-12-4-3-9-18-12/h5,7,10,12,15,17H,3-4,6,8-9H2,1-2H3. The molecule has 2 nitrogen and oxygen atoms in total. The third kappa shape index (κ3) is 3.47. The van der Waals surface area contributed by atoms with Crippen LogP contribution in [0.1, 0.15) is 42.9 Å². The fraction of sp³-hybridized carbons (Fsp3) is 0.600. The number of aryl methyl sites for hydroxylation is 1. The lowest BCUT2D eigenvalue weighted by molar-refractivity contribution is 0.0998. The second kappa shape index (κ2) is 6.55. The van der Waals surface area contributed by atoms with Gasteiger partial charge in [0.25, 0.3) is 0 Å². The predicted molar refractivity (Wildman–Crippen MR) is 76.2 cm³/mol. The van der Waals surface area contributed by atoms with E-state index in [0.717, 1.165) is 24.5 Å². The van der Waals surface area contributed by atoms with Crippen LogP contribution in [0.5, 0.6) is 0 Å². The molecule has 1 heterocycles. The van der Waals surface area contributed by atoms with Crippen LogP contribution in [0.15, 0.2) is 18.2 Å². The lowest BCUT2D eigenvalue weighted by Gasteiger charge is -2.20. The van der Waals surface area contributed by atoms with E-state index in [4.69, 9.17) is 16.3 Å². The van der Waals surface area contributed by atoms with Crippen LogP contribution in [0.25, 0.3) is 0 Å². The van der Waals surface area contributed by atoms with Gasteiger partial charge in [0.15, 0.2) is 0 Å². The number of ether oxygens (including phenoxy) is 1. The average Bonchev–Trinajstić information content (AvgIpc) is 2.85. The molecule has 1 N–H and O–H groups in total. The summed E-state index contributed by atoms with van der Waals surface area (Å²) in [6.07, 6.45) is 5.04. The van der Waals surface area contributed by atoms with Crippen molar-refractivity contribution in [3.05, 3.63) is 34.3 Å². The fourth-order valence-corrected chi connectivity index (χ4v) is 2.96. The number of rotatable bonds is 5. The zero-order valence-corrected chi connectivity index (χ0v) is 12.0. The molecule has 2 rings (SSSR count). The number of hydrogen-bond acceptors (Lipinski definition) is 2. The van der Waals surface area contributed by atoms with E-state index in [1.54, 1.807) is 0 Å². The number of halogens is 1. The maximum atomic E-state index is 6.33. The summed E-state index contributed by atoms with van der Waals surface area (Å²) in [7, 11) is 2.00. The van der Waals surface area contributed by atoms with E-state index in [1.165, 1.54) is 24.0 Å². The van der Waals surface area contributed by atoms with E-state index in [2.05, 4.69) is 24.4 Å². The van der Waals surface area contributed by atoms with Gasteiger partial charge in [-0.25, -0.2) is 0 Å². The van der Waals surface area contributed by atoms with Gasteiger partial charge in [-0.15, -0.1) is 0 Å². The number of hydrogen-bond donors (Lipinski definition) is 1. The first-order valence-electron chi connectivity index (χ1n) is 6.75. The molecule has 0 radical (unpaired) electrons. The largest absolute Gasteiger partial charge is 0.378 e. The molecule has 2 unspecified atom stereocenters. The van der Waals surface area contributed by atoms with Crippen molar-refractivity contribution < 1.29 is 4.74 Å². The first-order chi connectivity index (χ1) is 8.70. The van der Waals surface area contributed by atoms with E-state index >= 15 is 0 Å². The maximum absolute atomic E-state index is 6.33. The zero-order chi connectivity index (χ0) is 13.0. The Morgan fingerprint density at radius 2 is 2.33 bits per heavy atom. The van der Waals surface area contributed by atoms with Gasteiger partial charge < -0.3 is 10.1 Å². The zero-order valence-electron chi connectivity index (χ0n) is 11.2. The predicted octanol–water partition coefficient (Wildman–Crippen LogP) is 3.87. The normalized spacial score (nSPS) is 21.2. The molecule has 3 heteroatoms. The second-order valence-electron chi connectivity index (χ2n) is 5.08. The van der Waals surface area contributed by atoms with Gasteiger partial charge in [-0.05, 0) is 56.8 Å². The summed E-state index contributed by atoms with van der Waals surface area (Å²) in [6, 6.07) is 6.61. The summed E-state index contributed by atoms with van der Waals surface area (Å²) in [5.74, 6) is 0. The van der Waals surface area contributed by atoms with Crippen LogP contribution < -0.4 is 5.32 Å². The van der Waals surface area contributed by atoms with Gasteiger partial charge in [0.1, 0.15) is 0 Å². The minimum atomic E-state index is 0.322. The second-order valence-corrected chi connectivity index (χ2v) is 5.49. The summed E-state index contributed by atoms with van der Waals surface area (Å²) in [4.78, 5) is 0. The van der Waals surface area contributed by atoms with Crippen molar-refractivity contribution in [3.63, 3.8) is 0 Å². The molecule has 1 aliphatic heterocycles. The van der Waals surface area contributed by atoms with Gasteiger partial charge in [0, 0.05) is 17.7 Å². The fourth-order valence-electron chi connectivity index (χ4n) is 2.59. The molecule has 0 amide bonds. The van der Waals surface area contributed by atoms with Gasteiger partial charge in [-0.1, -0.05) is 23.7 Å². The van der Waals surface area contributed by atoms with Crippen molar-refractivity contribution in [2.24, 2.45) is 0 Å². The van der Waals surface area contributed by atoms with Crippen molar-refractivity contribution in [3.8, 4) is 0 Å². The molecule has 1 fully saturated rings. The molecule has 1 saturated heterocycles. The van der Waals surface area contributed by atoms with Crippen LogP contribution in [-0.2, 0) is 4.74 Å². The Morgan fingerprint density at radius 3 is 2.94 bits per heavy atom. The molecule has 2 atom stereocenters. The molecule has 0 saturated carbocycles. The van der Waals surface area contributed by atoms with Crippen molar-refractivity contribution in [1.82, 2.24) is 5.32 Å². The minimum absolute atomic E-state index is 0.322. The highest BCUT2D eigenvalue weighted by molar-refractivity contribution is 6.31. The Kier molecular flexibility index (Phi) is 5.04. The third-order valence-electron chi connectivity index (χ3n) is 3.68. The number of nitrogens with one attached hydrogen (secondary N) is 1. The summed E-state index contributed by atoms with van der Waals surface area (Å²) < 4.78 is 5.67. The molecular weight excluding hydrogens is 246 g/mol. The Labute approximate surface area is 115 Å². The topological polar surface area (TPSA) is 21.3 Å². The molecule has 0 bridgehead atoms. The van der Waals surface area contributed by atoms with Gasteiger partial charge in [-0.3, -0.25) is 0 Å². The third-order valence-corrected chi connectivity index (χ3v) is 4.01. The van der Waals surface area contributed by atoms with Gasteiger partial charge in [0.2, 0.25) is 0 Å². The van der Waals surface area contributed by atoms with Crippen LogP contribution in [0.3, 0.4) is 0 Å². The lowest BCUT2D eigenvalue weighted by atomic mass is 9.98. The smallest absolute Gasteiger partial charge is 0.0576 e. The highest BCUT2D eigenvalue weighted by Crippen LogP contribution is 2.29. The van der Waals surface area contributed by atoms with Crippen molar-refractivity contribution in [2.45, 2.75) is 44.8 Å². The molecule has 1 aromatic carbocycles. The van der Waals surface area contributed by atoms with Crippen LogP contribution >= 0.6 is 11.6 Å². The van der Waals surface area contributed by atoms with E-state index in [0.29, 0.717) is 12.1 Å². The first kappa shape index (κ1) is 13.9. The first-order valence-corrected chi connectivity index (χ1v) is 7.13. The summed E-state index contributed by atoms with van der Waals surface area (Å²) in [6.45, 7) is 3.00. The molecule has 0 aliphatic carbocycles. The van der Waals surface area contributed by atoms with Crippen LogP contribution in [0.2, 0.25) is 5.02 Å². The summed E-state index contributed by atoms with van der Waals surface area (Å²) in [5.41, 5.74) is 2.40. The Balaban J connectivity index is 1.98. The monoisotopic (exact) mass is 267 g/mol. The maximum Gasteiger partial charge on any atom is 0.0576 e. The SMILES string of the molecule is CNC(CCC1CCCO1)c1ccc(C)cc1Cl. The quantitative estimate of drug-likeness (QED) is 0.875. The highest BCUT2D eigenvalue weighted by Gasteiger charge is 2.19. The summed E-state index contributed by atoms with van der Waals surface area (Å²) >= 11 is 6.33. The van der Waals surface area contributed by atoms with Gasteiger partial charge >= 0.3 is 0 Å². The Morgan fingerprint density at radius 1 is 1.50 bits per heavy atom. The molecule has 1 aliphatic rings. The molecule has 100 valence electrons. The van der Waals surface area contributed by atoms with E-state index < -0.39 is 0 Å². The van der Waals surface area contributed by atoms with Gasteiger partial charge in [0.05, 0.1) is 6.10 Å². The molecule has 0 spiro atoms. The van der Waals surface area contributed by atoms with E-state index in [-0.39, 0.29) is 0 Å². The van der Waals surface area contributed by atoms with Crippen molar-refractivity contribution >= 4 is 11.6 Å². The molecule has 18 heavy (non-hydrogen) atoms. The van der Waals surface area contributed by atoms with Crippen LogP contribution in [-0.4, -0.2) is 19.8 Å². The van der Waals surface area contributed by atoms with E-state index in [1.807, 2.05) is 13.1 Å². The van der Waals surface area contributed by atoms with Crippen molar-refractivity contribution in [1.29, 1.82) is 0 Å². The van der Waals surface area contributed by atoms with E-state index in [9.17, 15) is 0 Å². The number of benzene rings is 1. The van der Waals surface area contributed by atoms with Gasteiger partial charge in [-0.2, -0.15) is 0 Å². The Bertz CT molecular complexity index is 388.